The van der Waals surface area contributed by atoms with Crippen LogP contribution in [0.5, 0.6) is 0 Å². The van der Waals surface area contributed by atoms with Gasteiger partial charge in [0.05, 0.1) is 24.6 Å². The summed E-state index contributed by atoms with van der Waals surface area (Å²) < 4.78 is 5.15. The predicted molar refractivity (Wildman–Crippen MR) is 82.3 cm³/mol. The molecule has 0 saturated heterocycles. The van der Waals surface area contributed by atoms with E-state index >= 15 is 0 Å². The molecule has 108 valence electrons. The molecule has 0 radical (unpaired) electrons. The van der Waals surface area contributed by atoms with Crippen LogP contribution in [0.4, 0.5) is 0 Å². The third-order valence-electron chi connectivity index (χ3n) is 2.54. The highest BCUT2D eigenvalue weighted by Crippen LogP contribution is 2.02. The monoisotopic (exact) mass is 303 g/mol. The van der Waals surface area contributed by atoms with Gasteiger partial charge in [-0.3, -0.25) is 5.43 Å². The smallest absolute Gasteiger partial charge is 0.335 e. The number of carboxylic acids is 1. The molecule has 0 unspecified atom stereocenters. The molecule has 3 N–H and O–H groups in total. The minimum absolute atomic E-state index is 0.232. The number of aromatic carboxylic acids is 1. The van der Waals surface area contributed by atoms with Crippen molar-refractivity contribution in [1.29, 1.82) is 0 Å². The zero-order chi connectivity index (χ0) is 15.1. The molecule has 21 heavy (non-hydrogen) atoms. The van der Waals surface area contributed by atoms with Crippen molar-refractivity contribution in [3.8, 4) is 0 Å². The Balaban J connectivity index is 1.78. The number of nitrogens with one attached hydrogen (secondary N) is 2. The number of hydrogen-bond acceptors (Lipinski definition) is 4. The molecule has 0 aliphatic heterocycles. The quantitative estimate of drug-likeness (QED) is 0.445. The van der Waals surface area contributed by atoms with Crippen LogP contribution in [0.2, 0.25) is 0 Å². The largest absolute Gasteiger partial charge is 0.478 e. The molecule has 1 aromatic heterocycles. The predicted octanol–water partition coefficient (Wildman–Crippen LogP) is 1.98. The maximum absolute atomic E-state index is 10.7. The molecule has 2 rings (SSSR count). The second kappa shape index (κ2) is 7.20. The van der Waals surface area contributed by atoms with Gasteiger partial charge in [0.2, 0.25) is 0 Å². The number of carboxylic acid groups (broad SMARTS) is 1. The molecular formula is C14H13N3O3S. The molecule has 0 fully saturated rings. The third kappa shape index (κ3) is 4.73. The van der Waals surface area contributed by atoms with Gasteiger partial charge in [0.15, 0.2) is 5.11 Å². The molecule has 0 bridgehead atoms. The maximum Gasteiger partial charge on any atom is 0.335 e. The van der Waals surface area contributed by atoms with Crippen LogP contribution in [0.15, 0.2) is 52.2 Å². The van der Waals surface area contributed by atoms with Gasteiger partial charge in [-0.2, -0.15) is 5.10 Å². The van der Waals surface area contributed by atoms with Crippen LogP contribution in [0, 0.1) is 0 Å². The van der Waals surface area contributed by atoms with Gasteiger partial charge in [-0.25, -0.2) is 4.79 Å². The Morgan fingerprint density at radius 1 is 1.33 bits per heavy atom. The molecule has 0 atom stereocenters. The number of furan rings is 1. The van der Waals surface area contributed by atoms with Crippen molar-refractivity contribution in [1.82, 2.24) is 10.7 Å². The topological polar surface area (TPSA) is 86.9 Å². The maximum atomic E-state index is 10.7. The molecule has 0 saturated carbocycles. The van der Waals surface area contributed by atoms with Crippen molar-refractivity contribution in [2.75, 3.05) is 0 Å². The molecule has 0 aliphatic rings. The summed E-state index contributed by atoms with van der Waals surface area (Å²) in [5.41, 5.74) is 3.66. The van der Waals surface area contributed by atoms with Gasteiger partial charge in [0.1, 0.15) is 5.76 Å². The lowest BCUT2D eigenvalue weighted by atomic mass is 10.1. The number of hydrogen-bond donors (Lipinski definition) is 3. The standard InChI is InChI=1S/C14H13N3O3S/c18-13(19)11-5-3-10(4-6-11)8-16-17-14(21)15-9-12-2-1-7-20-12/h1-8H,9H2,(H,18,19)(H2,15,17,21)/b16-8+. The highest BCUT2D eigenvalue weighted by molar-refractivity contribution is 7.80. The van der Waals surface area contributed by atoms with Crippen molar-refractivity contribution < 1.29 is 14.3 Å². The fourth-order valence-electron chi connectivity index (χ4n) is 1.50. The van der Waals surface area contributed by atoms with Gasteiger partial charge in [0, 0.05) is 0 Å². The minimum Gasteiger partial charge on any atom is -0.478 e. The molecule has 0 amide bonds. The van der Waals surface area contributed by atoms with Gasteiger partial charge in [-0.1, -0.05) is 12.1 Å². The average Bonchev–Trinajstić information content (AvgIpc) is 2.99. The highest BCUT2D eigenvalue weighted by atomic mass is 32.1. The first kappa shape index (κ1) is 14.7. The van der Waals surface area contributed by atoms with Crippen molar-refractivity contribution >= 4 is 29.5 Å². The summed E-state index contributed by atoms with van der Waals surface area (Å²) in [7, 11) is 0. The molecule has 1 aromatic carbocycles. The van der Waals surface area contributed by atoms with Crippen LogP contribution < -0.4 is 10.7 Å². The molecule has 2 aromatic rings. The lowest BCUT2D eigenvalue weighted by molar-refractivity contribution is 0.0697. The van der Waals surface area contributed by atoms with E-state index in [9.17, 15) is 4.79 Å². The van der Waals surface area contributed by atoms with E-state index in [4.69, 9.17) is 21.7 Å². The molecule has 7 heteroatoms. The number of thiocarbonyl (C=S) groups is 1. The second-order valence-corrected chi connectivity index (χ2v) is 4.47. The van der Waals surface area contributed by atoms with Crippen LogP contribution in [0.1, 0.15) is 21.7 Å². The first-order valence-electron chi connectivity index (χ1n) is 6.08. The number of nitrogens with zero attached hydrogens (tertiary/aromatic N) is 1. The van der Waals surface area contributed by atoms with Crippen LogP contribution in [0.25, 0.3) is 0 Å². The van der Waals surface area contributed by atoms with Crippen LogP contribution in [-0.4, -0.2) is 22.4 Å². The van der Waals surface area contributed by atoms with Crippen LogP contribution in [0.3, 0.4) is 0 Å². The molecule has 6 nitrogen and oxygen atoms in total. The van der Waals surface area contributed by atoms with E-state index in [2.05, 4.69) is 15.8 Å². The van der Waals surface area contributed by atoms with Gasteiger partial charge in [0.25, 0.3) is 0 Å². The zero-order valence-electron chi connectivity index (χ0n) is 10.9. The fourth-order valence-corrected chi connectivity index (χ4v) is 1.62. The molecule has 0 spiro atoms. The van der Waals surface area contributed by atoms with Crippen LogP contribution in [-0.2, 0) is 6.54 Å². The molecule has 0 aliphatic carbocycles. The van der Waals surface area contributed by atoms with E-state index in [0.29, 0.717) is 11.7 Å². The number of hydrazone groups is 1. The number of carbonyl (C=O) groups is 1. The van der Waals surface area contributed by atoms with E-state index in [1.165, 1.54) is 12.1 Å². The van der Waals surface area contributed by atoms with Crippen molar-refractivity contribution in [3.63, 3.8) is 0 Å². The van der Waals surface area contributed by atoms with Gasteiger partial charge >= 0.3 is 5.97 Å². The molecule has 1 heterocycles. The van der Waals surface area contributed by atoms with E-state index in [1.54, 1.807) is 30.7 Å². The lowest BCUT2D eigenvalue weighted by Gasteiger charge is -2.04. The van der Waals surface area contributed by atoms with Gasteiger partial charge in [-0.15, -0.1) is 0 Å². The van der Waals surface area contributed by atoms with Gasteiger partial charge < -0.3 is 14.8 Å². The summed E-state index contributed by atoms with van der Waals surface area (Å²) in [6.45, 7) is 0.474. The molecular weight excluding hydrogens is 290 g/mol. The summed E-state index contributed by atoms with van der Waals surface area (Å²) >= 11 is 5.04. The van der Waals surface area contributed by atoms with Crippen molar-refractivity contribution in [3.05, 3.63) is 59.5 Å². The van der Waals surface area contributed by atoms with E-state index in [-0.39, 0.29) is 5.56 Å². The normalized spacial score (nSPS) is 10.5. The van der Waals surface area contributed by atoms with E-state index < -0.39 is 5.97 Å². The summed E-state index contributed by atoms with van der Waals surface area (Å²) in [5, 5.41) is 16.0. The Kier molecular flexibility index (Phi) is 5.05. The highest BCUT2D eigenvalue weighted by Gasteiger charge is 2.00. The summed E-state index contributed by atoms with van der Waals surface area (Å²) in [4.78, 5) is 10.7. The summed E-state index contributed by atoms with van der Waals surface area (Å²) in [6, 6.07) is 9.98. The van der Waals surface area contributed by atoms with Gasteiger partial charge in [-0.05, 0) is 42.0 Å². The minimum atomic E-state index is -0.958. The van der Waals surface area contributed by atoms with Crippen LogP contribution >= 0.6 is 12.2 Å². The Morgan fingerprint density at radius 2 is 2.10 bits per heavy atom. The SMILES string of the molecule is O=C(O)c1ccc(/C=N/NC(=S)NCc2ccco2)cc1. The Bertz CT molecular complexity index is 636. The number of benzene rings is 1. The summed E-state index contributed by atoms with van der Waals surface area (Å²) in [6.07, 6.45) is 3.14. The van der Waals surface area contributed by atoms with E-state index in [1.807, 2.05) is 6.07 Å². The fraction of sp³-hybridized carbons (Fsp3) is 0.0714. The third-order valence-corrected chi connectivity index (χ3v) is 2.78. The Labute approximate surface area is 126 Å². The number of rotatable bonds is 5. The Morgan fingerprint density at radius 3 is 2.71 bits per heavy atom. The Hall–Kier alpha value is -2.67. The lowest BCUT2D eigenvalue weighted by Crippen LogP contribution is -2.31. The zero-order valence-corrected chi connectivity index (χ0v) is 11.8. The second-order valence-electron chi connectivity index (χ2n) is 4.06. The first-order valence-corrected chi connectivity index (χ1v) is 6.48. The van der Waals surface area contributed by atoms with Crippen molar-refractivity contribution in [2.45, 2.75) is 6.54 Å². The first-order chi connectivity index (χ1) is 10.1. The summed E-state index contributed by atoms with van der Waals surface area (Å²) in [5.74, 6) is -0.188. The average molecular weight is 303 g/mol. The van der Waals surface area contributed by atoms with E-state index in [0.717, 1.165) is 11.3 Å². The van der Waals surface area contributed by atoms with Crippen molar-refractivity contribution in [2.24, 2.45) is 5.10 Å².